The van der Waals surface area contributed by atoms with Gasteiger partial charge in [0, 0.05) is 0 Å². The third kappa shape index (κ3) is 3.80. The molecule has 0 spiro atoms. The standard InChI is InChI=1S/C23H15.C9H13.C2H6Si.Zr/c1-2-7-18-14-21-15-20(10-9-19(21)13-17(18)6-1)23-12-11-16-5-3-4-8-22(16)23;1-6-5-7(2)9(4)8(6)3;1-3-2;/h1-15H;5H,1-4H3;1-2H3;. The summed E-state index contributed by atoms with van der Waals surface area (Å²) in [7, 11) is 0. The van der Waals surface area contributed by atoms with Crippen LogP contribution in [0, 0.1) is 0 Å². The van der Waals surface area contributed by atoms with Crippen molar-refractivity contribution in [3.05, 3.63) is 124 Å². The molecule has 2 aliphatic carbocycles. The van der Waals surface area contributed by atoms with Gasteiger partial charge in [0.25, 0.3) is 0 Å². The molecule has 0 aromatic heterocycles. The van der Waals surface area contributed by atoms with Gasteiger partial charge < -0.3 is 0 Å². The van der Waals surface area contributed by atoms with Crippen molar-refractivity contribution in [2.24, 2.45) is 0 Å². The van der Waals surface area contributed by atoms with Crippen molar-refractivity contribution in [2.45, 2.75) is 48.0 Å². The Balaban J connectivity index is 1.52. The van der Waals surface area contributed by atoms with Crippen LogP contribution in [0.4, 0.5) is 0 Å². The number of fused-ring (bicyclic) bond motifs is 3. The summed E-state index contributed by atoms with van der Waals surface area (Å²) in [6.45, 7) is 14.8. The topological polar surface area (TPSA) is 0 Å². The van der Waals surface area contributed by atoms with Gasteiger partial charge in [-0.3, -0.25) is 0 Å². The average molecular weight is 562 g/mol. The van der Waals surface area contributed by atoms with E-state index in [1.807, 2.05) is 0 Å². The summed E-state index contributed by atoms with van der Waals surface area (Å²) >= 11 is -1.93. The fraction of sp³-hybridized carbons (Fsp3) is 0.235. The van der Waals surface area contributed by atoms with Crippen molar-refractivity contribution < 1.29 is 20.4 Å². The maximum absolute atomic E-state index is 2.71. The molecule has 0 radical (unpaired) electrons. The fourth-order valence-corrected chi connectivity index (χ4v) is 27.1. The number of hydrogen-bond acceptors (Lipinski definition) is 0. The van der Waals surface area contributed by atoms with Crippen LogP contribution in [0.25, 0.3) is 27.1 Å². The zero-order chi connectivity index (χ0) is 25.1. The molecular weight excluding hydrogens is 528 g/mol. The van der Waals surface area contributed by atoms with Crippen molar-refractivity contribution in [3.63, 3.8) is 0 Å². The van der Waals surface area contributed by atoms with E-state index in [-0.39, 0.29) is 5.43 Å². The normalized spacial score (nSPS) is 17.8. The molecule has 0 saturated carbocycles. The van der Waals surface area contributed by atoms with Gasteiger partial charge in [-0.1, -0.05) is 0 Å². The summed E-state index contributed by atoms with van der Waals surface area (Å²) < 4.78 is 1.41. The van der Waals surface area contributed by atoms with Crippen molar-refractivity contribution in [1.29, 1.82) is 0 Å². The van der Waals surface area contributed by atoms with Gasteiger partial charge in [0.1, 0.15) is 0 Å². The average Bonchev–Trinajstić information content (AvgIpc) is 3.35. The van der Waals surface area contributed by atoms with Crippen LogP contribution < -0.4 is 0 Å². The summed E-state index contributed by atoms with van der Waals surface area (Å²) in [5.74, 6) is 0. The van der Waals surface area contributed by atoms with Crippen LogP contribution in [0.1, 0.15) is 48.0 Å². The second-order valence-electron chi connectivity index (χ2n) is 10.9. The van der Waals surface area contributed by atoms with Crippen LogP contribution >= 0.6 is 0 Å². The zero-order valence-electron chi connectivity index (χ0n) is 22.2. The van der Waals surface area contributed by atoms with Gasteiger partial charge in [-0.25, -0.2) is 0 Å². The van der Waals surface area contributed by atoms with Crippen LogP contribution in [-0.4, -0.2) is 5.43 Å². The third-order valence-corrected chi connectivity index (χ3v) is 28.5. The van der Waals surface area contributed by atoms with E-state index in [0.717, 1.165) is 3.63 Å². The molecule has 178 valence electrons. The summed E-state index contributed by atoms with van der Waals surface area (Å²) in [6, 6.07) is 29.8. The molecule has 0 aliphatic heterocycles. The second kappa shape index (κ2) is 9.23. The van der Waals surface area contributed by atoms with E-state index in [1.165, 1.54) is 38.2 Å². The van der Waals surface area contributed by atoms with Crippen molar-refractivity contribution in [1.82, 2.24) is 0 Å². The Kier molecular flexibility index (Phi) is 6.17. The van der Waals surface area contributed by atoms with Gasteiger partial charge in [-0.15, -0.1) is 0 Å². The molecule has 0 fully saturated rings. The van der Waals surface area contributed by atoms with Crippen molar-refractivity contribution >= 4 is 32.6 Å². The predicted molar refractivity (Wildman–Crippen MR) is 156 cm³/mol. The monoisotopic (exact) mass is 560 g/mol. The molecule has 6 rings (SSSR count). The Morgan fingerprint density at radius 3 is 1.89 bits per heavy atom. The van der Waals surface area contributed by atoms with Crippen molar-refractivity contribution in [2.75, 3.05) is 0 Å². The molecule has 0 saturated heterocycles. The quantitative estimate of drug-likeness (QED) is 0.172. The van der Waals surface area contributed by atoms with Gasteiger partial charge >= 0.3 is 225 Å². The second-order valence-corrected chi connectivity index (χ2v) is 28.9. The fourth-order valence-electron chi connectivity index (χ4n) is 6.57. The van der Waals surface area contributed by atoms with Crippen LogP contribution in [0.3, 0.4) is 0 Å². The minimum absolute atomic E-state index is 0.371. The molecular formula is C34H34SiZr. The van der Waals surface area contributed by atoms with Gasteiger partial charge in [-0.2, -0.15) is 0 Å². The maximum atomic E-state index is 2.71. The molecule has 2 heteroatoms. The van der Waals surface area contributed by atoms with E-state index in [0.29, 0.717) is 3.63 Å². The molecule has 4 aromatic carbocycles. The number of rotatable bonds is 3. The van der Waals surface area contributed by atoms with Crippen LogP contribution in [-0.2, 0) is 20.4 Å². The molecule has 0 bridgehead atoms. The first kappa shape index (κ1) is 24.1. The minimum atomic E-state index is -1.93. The number of benzene rings is 4. The van der Waals surface area contributed by atoms with E-state index in [1.54, 1.807) is 27.9 Å². The van der Waals surface area contributed by atoms with Gasteiger partial charge in [-0.05, 0) is 0 Å². The first-order valence-electron chi connectivity index (χ1n) is 13.1. The van der Waals surface area contributed by atoms with E-state index < -0.39 is 20.4 Å². The number of allylic oxidation sites excluding steroid dienone is 5. The van der Waals surface area contributed by atoms with Crippen LogP contribution in [0.2, 0.25) is 16.7 Å². The molecule has 0 nitrogen and oxygen atoms in total. The van der Waals surface area contributed by atoms with E-state index in [2.05, 4.69) is 126 Å². The van der Waals surface area contributed by atoms with E-state index in [9.17, 15) is 0 Å². The molecule has 1 unspecified atom stereocenters. The Morgan fingerprint density at radius 1 is 0.639 bits per heavy atom. The Bertz CT molecular complexity index is 1670. The van der Waals surface area contributed by atoms with Gasteiger partial charge in [0.2, 0.25) is 0 Å². The van der Waals surface area contributed by atoms with E-state index >= 15 is 0 Å². The molecule has 0 N–H and O–H groups in total. The zero-order valence-corrected chi connectivity index (χ0v) is 25.7. The summed E-state index contributed by atoms with van der Waals surface area (Å²) in [6.07, 6.45) is 2.71. The predicted octanol–water partition coefficient (Wildman–Crippen LogP) is 9.82. The van der Waals surface area contributed by atoms with Crippen molar-refractivity contribution in [3.8, 4) is 0 Å². The Hall–Kier alpha value is -2.28. The van der Waals surface area contributed by atoms with Crippen LogP contribution in [0.15, 0.2) is 107 Å². The molecule has 4 aromatic rings. The summed E-state index contributed by atoms with van der Waals surface area (Å²) in [4.78, 5) is 0. The Labute approximate surface area is 223 Å². The summed E-state index contributed by atoms with van der Waals surface area (Å²) in [5.41, 5.74) is 12.0. The Morgan fingerprint density at radius 2 is 1.22 bits per heavy atom. The molecule has 0 amide bonds. The third-order valence-electron chi connectivity index (χ3n) is 8.77. The molecule has 0 heterocycles. The summed E-state index contributed by atoms with van der Waals surface area (Å²) in [5, 5.41) is 5.29. The van der Waals surface area contributed by atoms with Crippen LogP contribution in [0.5, 0.6) is 0 Å². The first-order valence-corrected chi connectivity index (χ1v) is 22.1. The molecule has 1 atom stereocenters. The molecule has 2 aliphatic rings. The van der Waals surface area contributed by atoms with E-state index in [4.69, 9.17) is 0 Å². The molecule has 36 heavy (non-hydrogen) atoms. The first-order chi connectivity index (χ1) is 17.3. The number of hydrogen-bond donors (Lipinski definition) is 0. The van der Waals surface area contributed by atoms with Gasteiger partial charge in [0.15, 0.2) is 0 Å². The SMILES string of the molecule is CC1=C(C)[CH]([Zr]([CH]2C=C(c3ccc4cc5ccccc5cc4c3)c3ccccc32)=[Si](C)C)C(C)=C1C. The van der Waals surface area contributed by atoms with Gasteiger partial charge in [0.05, 0.1) is 0 Å².